The molecule has 166 valence electrons. The molecule has 0 amide bonds. The van der Waals surface area contributed by atoms with Crippen molar-refractivity contribution in [2.24, 2.45) is 0 Å². The topological polar surface area (TPSA) is 107 Å². The van der Waals surface area contributed by atoms with E-state index >= 15 is 0 Å². The molecule has 32 heavy (non-hydrogen) atoms. The summed E-state index contributed by atoms with van der Waals surface area (Å²) in [7, 11) is 0. The van der Waals surface area contributed by atoms with E-state index in [9.17, 15) is 9.18 Å². The van der Waals surface area contributed by atoms with Gasteiger partial charge in [0.25, 0.3) is 5.56 Å². The van der Waals surface area contributed by atoms with Crippen molar-refractivity contribution in [3.63, 3.8) is 0 Å². The molecule has 4 heterocycles. The Morgan fingerprint density at radius 2 is 1.94 bits per heavy atom. The molecule has 1 aromatic carbocycles. The zero-order valence-electron chi connectivity index (χ0n) is 18.4. The maximum absolute atomic E-state index is 14.3. The van der Waals surface area contributed by atoms with Crippen LogP contribution in [0.15, 0.2) is 29.2 Å². The zero-order chi connectivity index (χ0) is 22.6. The molecule has 9 heteroatoms. The second-order valence-electron chi connectivity index (χ2n) is 8.64. The number of nitrogens with one attached hydrogen (secondary N) is 2. The van der Waals surface area contributed by atoms with Crippen molar-refractivity contribution in [1.29, 1.82) is 0 Å². The van der Waals surface area contributed by atoms with Crippen LogP contribution in [0.2, 0.25) is 0 Å². The molecule has 0 unspecified atom stereocenters. The maximum Gasteiger partial charge on any atom is 0.272 e. The molecular weight excluding hydrogens is 409 g/mol. The highest BCUT2D eigenvalue weighted by Crippen LogP contribution is 2.37. The van der Waals surface area contributed by atoms with Gasteiger partial charge in [0.2, 0.25) is 0 Å². The average molecular weight is 436 g/mol. The Labute approximate surface area is 184 Å². The number of H-pyrrole nitrogens is 2. The van der Waals surface area contributed by atoms with E-state index in [1.165, 1.54) is 6.07 Å². The smallest absolute Gasteiger partial charge is 0.272 e. The number of nitrogens with two attached hydrogens (primary N) is 1. The van der Waals surface area contributed by atoms with E-state index in [4.69, 9.17) is 10.7 Å². The molecule has 0 atom stereocenters. The van der Waals surface area contributed by atoms with Crippen LogP contribution in [0.25, 0.3) is 33.1 Å². The molecule has 5 rings (SSSR count). The number of aromatic nitrogens is 4. The van der Waals surface area contributed by atoms with Crippen molar-refractivity contribution in [2.75, 3.05) is 36.8 Å². The van der Waals surface area contributed by atoms with Crippen LogP contribution in [0.5, 0.6) is 0 Å². The van der Waals surface area contributed by atoms with Gasteiger partial charge in [0.1, 0.15) is 22.8 Å². The highest BCUT2D eigenvalue weighted by atomic mass is 19.1. The number of aryl methyl sites for hydroxylation is 1. The second-order valence-corrected chi connectivity index (χ2v) is 8.64. The minimum absolute atomic E-state index is 0.0542. The number of aromatic amines is 2. The summed E-state index contributed by atoms with van der Waals surface area (Å²) < 4.78 is 14.3. The molecule has 0 radical (unpaired) electrons. The predicted molar refractivity (Wildman–Crippen MR) is 125 cm³/mol. The first-order valence-electron chi connectivity index (χ1n) is 10.8. The molecule has 4 N–H and O–H groups in total. The Morgan fingerprint density at radius 1 is 1.19 bits per heavy atom. The molecular formula is C23H26FN7O. The Kier molecular flexibility index (Phi) is 4.85. The minimum atomic E-state index is -0.415. The number of piperazine rings is 1. The quantitative estimate of drug-likeness (QED) is 0.457. The molecule has 1 saturated heterocycles. The van der Waals surface area contributed by atoms with Crippen molar-refractivity contribution < 1.29 is 4.39 Å². The van der Waals surface area contributed by atoms with Crippen molar-refractivity contribution in [3.8, 4) is 11.1 Å². The number of nitrogen functional groups attached to an aromatic ring is 1. The summed E-state index contributed by atoms with van der Waals surface area (Å²) in [6.07, 6.45) is 1.54. The highest BCUT2D eigenvalue weighted by Gasteiger charge is 2.23. The summed E-state index contributed by atoms with van der Waals surface area (Å²) in [6, 6.07) is 5.42. The fourth-order valence-corrected chi connectivity index (χ4v) is 4.58. The lowest BCUT2D eigenvalue weighted by Crippen LogP contribution is -2.49. The number of nitrogens with zero attached hydrogens (tertiary/aromatic N) is 4. The predicted octanol–water partition coefficient (Wildman–Crippen LogP) is 3.03. The van der Waals surface area contributed by atoms with Crippen molar-refractivity contribution in [3.05, 3.63) is 46.1 Å². The van der Waals surface area contributed by atoms with Gasteiger partial charge in [0.05, 0.1) is 17.2 Å². The van der Waals surface area contributed by atoms with Gasteiger partial charge in [-0.1, -0.05) is 6.07 Å². The first-order chi connectivity index (χ1) is 15.3. The van der Waals surface area contributed by atoms with Gasteiger partial charge in [-0.05, 0) is 44.0 Å². The fourth-order valence-electron chi connectivity index (χ4n) is 4.58. The Morgan fingerprint density at radius 3 is 2.66 bits per heavy atom. The molecule has 0 aliphatic carbocycles. The summed E-state index contributed by atoms with van der Waals surface area (Å²) in [5, 5.41) is 7.22. The van der Waals surface area contributed by atoms with Crippen LogP contribution in [-0.2, 0) is 0 Å². The number of halogens is 1. The standard InChI is InChI=1S/C23H26FN7O/c1-12(2)30-6-8-31(9-7-30)22-13(3)10-17-21(28-22)18(19(25)23(32)27-17)14-4-5-16(24)20-15(14)11-26-29-20/h4-5,10-12H,6-9,25H2,1-3H3,(H,26,29)(H,27,32). The number of fused-ring (bicyclic) bond motifs is 2. The van der Waals surface area contributed by atoms with Gasteiger partial charge in [-0.25, -0.2) is 9.37 Å². The average Bonchev–Trinajstić information content (AvgIpc) is 3.27. The minimum Gasteiger partial charge on any atom is -0.394 e. The molecule has 3 aromatic heterocycles. The van der Waals surface area contributed by atoms with Crippen LogP contribution < -0.4 is 16.2 Å². The third-order valence-corrected chi connectivity index (χ3v) is 6.36. The number of benzene rings is 1. The third kappa shape index (κ3) is 3.20. The lowest BCUT2D eigenvalue weighted by atomic mass is 9.98. The van der Waals surface area contributed by atoms with E-state index in [-0.39, 0.29) is 11.2 Å². The van der Waals surface area contributed by atoms with Crippen molar-refractivity contribution in [1.82, 2.24) is 25.1 Å². The molecule has 0 bridgehead atoms. The zero-order valence-corrected chi connectivity index (χ0v) is 18.4. The van der Waals surface area contributed by atoms with Crippen LogP contribution in [0.4, 0.5) is 15.9 Å². The normalized spacial score (nSPS) is 15.3. The number of hydrogen-bond acceptors (Lipinski definition) is 6. The van der Waals surface area contributed by atoms with Crippen molar-refractivity contribution >= 4 is 33.4 Å². The Hall–Kier alpha value is -3.46. The van der Waals surface area contributed by atoms with E-state index in [0.717, 1.165) is 37.6 Å². The number of pyridine rings is 2. The van der Waals surface area contributed by atoms with Crippen LogP contribution in [0.3, 0.4) is 0 Å². The third-order valence-electron chi connectivity index (χ3n) is 6.36. The lowest BCUT2D eigenvalue weighted by molar-refractivity contribution is 0.209. The Bertz CT molecular complexity index is 1380. The first kappa shape index (κ1) is 20.4. The summed E-state index contributed by atoms with van der Waals surface area (Å²) in [4.78, 5) is 25.2. The maximum atomic E-state index is 14.3. The SMILES string of the molecule is Cc1cc2[nH]c(=O)c(N)c(-c3ccc(F)c4[nH]ncc34)c2nc1N1CCN(C(C)C)CC1. The van der Waals surface area contributed by atoms with Gasteiger partial charge in [0, 0.05) is 43.2 Å². The van der Waals surface area contributed by atoms with E-state index in [1.807, 2.05) is 13.0 Å². The largest absolute Gasteiger partial charge is 0.394 e. The van der Waals surface area contributed by atoms with Gasteiger partial charge in [0.15, 0.2) is 0 Å². The van der Waals surface area contributed by atoms with Gasteiger partial charge in [-0.3, -0.25) is 14.8 Å². The summed E-state index contributed by atoms with van der Waals surface area (Å²) in [6.45, 7) is 10.1. The molecule has 1 aliphatic heterocycles. The molecule has 1 fully saturated rings. The van der Waals surface area contributed by atoms with Gasteiger partial charge in [-0.2, -0.15) is 5.10 Å². The van der Waals surface area contributed by atoms with E-state index in [0.29, 0.717) is 33.6 Å². The summed E-state index contributed by atoms with van der Waals surface area (Å²) >= 11 is 0. The second kappa shape index (κ2) is 7.59. The number of hydrogen-bond donors (Lipinski definition) is 3. The molecule has 4 aromatic rings. The first-order valence-corrected chi connectivity index (χ1v) is 10.8. The fraction of sp³-hybridized carbons (Fsp3) is 0.348. The molecule has 0 spiro atoms. The van der Waals surface area contributed by atoms with E-state index in [1.54, 1.807) is 12.3 Å². The van der Waals surface area contributed by atoms with Crippen LogP contribution in [-0.4, -0.2) is 57.3 Å². The van der Waals surface area contributed by atoms with E-state index < -0.39 is 11.4 Å². The van der Waals surface area contributed by atoms with Gasteiger partial charge in [-0.15, -0.1) is 0 Å². The Balaban J connectivity index is 1.70. The van der Waals surface area contributed by atoms with Crippen molar-refractivity contribution in [2.45, 2.75) is 26.8 Å². The van der Waals surface area contributed by atoms with Crippen LogP contribution >= 0.6 is 0 Å². The van der Waals surface area contributed by atoms with Gasteiger partial charge < -0.3 is 15.6 Å². The highest BCUT2D eigenvalue weighted by molar-refractivity contribution is 6.06. The molecule has 8 nitrogen and oxygen atoms in total. The monoisotopic (exact) mass is 435 g/mol. The van der Waals surface area contributed by atoms with Gasteiger partial charge >= 0.3 is 0 Å². The van der Waals surface area contributed by atoms with E-state index in [2.05, 4.69) is 38.8 Å². The lowest BCUT2D eigenvalue weighted by Gasteiger charge is -2.38. The number of rotatable bonds is 3. The summed E-state index contributed by atoms with van der Waals surface area (Å²) in [5.74, 6) is 0.459. The molecule has 1 aliphatic rings. The van der Waals surface area contributed by atoms with Crippen LogP contribution in [0, 0.1) is 12.7 Å². The summed E-state index contributed by atoms with van der Waals surface area (Å²) in [5.41, 5.74) is 9.48. The van der Waals surface area contributed by atoms with Crippen LogP contribution in [0.1, 0.15) is 19.4 Å². The number of anilines is 2. The molecule has 0 saturated carbocycles.